The van der Waals surface area contributed by atoms with Crippen molar-refractivity contribution in [1.82, 2.24) is 15.0 Å². The van der Waals surface area contributed by atoms with Crippen LogP contribution in [0.4, 0.5) is 23.5 Å². The molecule has 2 aliphatic rings. The van der Waals surface area contributed by atoms with Crippen LogP contribution in [0, 0.1) is 0 Å². The average Bonchev–Trinajstić information content (AvgIpc) is 3.40. The van der Waals surface area contributed by atoms with E-state index in [1.54, 1.807) is 35.4 Å². The van der Waals surface area contributed by atoms with Gasteiger partial charge in [0, 0.05) is 11.4 Å². The molecular weight excluding hydrogens is 436 g/mol. The van der Waals surface area contributed by atoms with Crippen molar-refractivity contribution < 1.29 is 19.0 Å². The van der Waals surface area contributed by atoms with Gasteiger partial charge in [0.15, 0.2) is 6.26 Å². The lowest BCUT2D eigenvalue weighted by Crippen LogP contribution is -2.27. The molecule has 3 aromatic rings. The van der Waals surface area contributed by atoms with Crippen molar-refractivity contribution in [2.45, 2.75) is 19.4 Å². The molecule has 0 radical (unpaired) electrons. The smallest absolute Gasteiger partial charge is 0.243 e. The molecule has 0 fully saturated rings. The number of phenolic OH excluding ortho intramolecular Hbond substituents is 1. The van der Waals surface area contributed by atoms with Gasteiger partial charge in [-0.1, -0.05) is 12.2 Å². The van der Waals surface area contributed by atoms with E-state index in [0.717, 1.165) is 24.3 Å². The Kier molecular flexibility index (Phi) is 6.10. The number of ether oxygens (including phenoxy) is 2. The minimum atomic E-state index is 0.167. The van der Waals surface area contributed by atoms with Crippen LogP contribution >= 0.6 is 0 Å². The van der Waals surface area contributed by atoms with Gasteiger partial charge in [0.2, 0.25) is 23.7 Å². The predicted octanol–water partition coefficient (Wildman–Crippen LogP) is 4.88. The van der Waals surface area contributed by atoms with Gasteiger partial charge in [-0.05, 0) is 55.3 Å². The molecule has 0 saturated heterocycles. The summed E-state index contributed by atoms with van der Waals surface area (Å²) >= 11 is 0. The van der Waals surface area contributed by atoms with E-state index in [1.165, 1.54) is 18.8 Å². The molecule has 0 unspecified atom stereocenters. The summed E-state index contributed by atoms with van der Waals surface area (Å²) in [5, 5.41) is 15.9. The predicted molar refractivity (Wildman–Crippen MR) is 126 cm³/mol. The fourth-order valence-corrected chi connectivity index (χ4v) is 3.36. The van der Waals surface area contributed by atoms with Crippen LogP contribution in [-0.2, 0) is 16.0 Å². The van der Waals surface area contributed by atoms with Crippen molar-refractivity contribution >= 4 is 23.5 Å². The third kappa shape index (κ3) is 5.01. The fourth-order valence-electron chi connectivity index (χ4n) is 3.36. The Morgan fingerprint density at radius 1 is 1.03 bits per heavy atom. The van der Waals surface area contributed by atoms with Gasteiger partial charge < -0.3 is 29.6 Å². The zero-order chi connectivity index (χ0) is 23.2. The quantitative estimate of drug-likeness (QED) is 0.403. The Labute approximate surface area is 195 Å². The van der Waals surface area contributed by atoms with E-state index in [-0.39, 0.29) is 5.75 Å². The van der Waals surface area contributed by atoms with Crippen LogP contribution < -0.4 is 15.5 Å². The summed E-state index contributed by atoms with van der Waals surface area (Å²) in [6, 6.07) is 10.3. The molecule has 1 aliphatic heterocycles. The molecule has 10 nitrogen and oxygen atoms in total. The van der Waals surface area contributed by atoms with E-state index in [4.69, 9.17) is 13.9 Å². The molecule has 0 amide bonds. The first-order valence-electron chi connectivity index (χ1n) is 10.7. The zero-order valence-electron chi connectivity index (χ0n) is 18.1. The van der Waals surface area contributed by atoms with Crippen molar-refractivity contribution in [1.29, 1.82) is 0 Å². The number of furan rings is 1. The maximum Gasteiger partial charge on any atom is 0.243 e. The molecule has 0 spiro atoms. The third-order valence-corrected chi connectivity index (χ3v) is 4.94. The van der Waals surface area contributed by atoms with Crippen LogP contribution in [0.5, 0.6) is 5.75 Å². The van der Waals surface area contributed by atoms with Gasteiger partial charge in [0.1, 0.15) is 24.0 Å². The van der Waals surface area contributed by atoms with Gasteiger partial charge in [-0.15, -0.1) is 0 Å². The number of allylic oxidation sites excluding steroid dienone is 4. The average molecular weight is 458 g/mol. The van der Waals surface area contributed by atoms with E-state index in [1.807, 2.05) is 24.3 Å². The molecule has 0 bridgehead atoms. The molecule has 1 aromatic carbocycles. The summed E-state index contributed by atoms with van der Waals surface area (Å²) in [7, 11) is 0. The number of hydrogen-bond donors (Lipinski definition) is 3. The number of nitrogens with one attached hydrogen (secondary N) is 2. The van der Waals surface area contributed by atoms with E-state index in [0.29, 0.717) is 36.0 Å². The second kappa shape index (κ2) is 9.82. The van der Waals surface area contributed by atoms with E-state index in [9.17, 15) is 5.11 Å². The molecule has 2 aromatic heterocycles. The number of rotatable bonds is 8. The normalized spacial score (nSPS) is 14.5. The summed E-state index contributed by atoms with van der Waals surface area (Å²) in [5.41, 5.74) is 1.64. The van der Waals surface area contributed by atoms with E-state index < -0.39 is 0 Å². The van der Waals surface area contributed by atoms with Crippen LogP contribution in [-0.4, -0.2) is 20.1 Å². The standard InChI is InChI=1S/C24H22N6O4/c31-19-10-8-17(9-11-19)26-23-27-22(25-15-20-7-4-12-33-20)28-24(29-23)30(18-5-2-1-3-6-18)21-16-32-13-14-34-21/h1-2,4-5,7-14,16,31H,3,6,15H2,(H2,25,26,27,28,29). The van der Waals surface area contributed by atoms with Crippen molar-refractivity contribution in [3.63, 3.8) is 0 Å². The Morgan fingerprint density at radius 2 is 1.91 bits per heavy atom. The largest absolute Gasteiger partial charge is 0.508 e. The lowest BCUT2D eigenvalue weighted by Gasteiger charge is -2.28. The highest BCUT2D eigenvalue weighted by atomic mass is 16.5. The van der Waals surface area contributed by atoms with Crippen LogP contribution in [0.2, 0.25) is 0 Å². The Morgan fingerprint density at radius 3 is 2.65 bits per heavy atom. The van der Waals surface area contributed by atoms with Gasteiger partial charge in [-0.2, -0.15) is 15.0 Å². The highest BCUT2D eigenvalue weighted by Crippen LogP contribution is 2.30. The van der Waals surface area contributed by atoms with Gasteiger partial charge >= 0.3 is 0 Å². The summed E-state index contributed by atoms with van der Waals surface area (Å²) < 4.78 is 16.5. The van der Waals surface area contributed by atoms with Gasteiger partial charge in [-0.3, -0.25) is 0 Å². The van der Waals surface area contributed by atoms with E-state index >= 15 is 0 Å². The minimum Gasteiger partial charge on any atom is -0.508 e. The van der Waals surface area contributed by atoms with Crippen molar-refractivity contribution in [2.75, 3.05) is 15.5 Å². The number of anilines is 4. The summed E-state index contributed by atoms with van der Waals surface area (Å²) in [6.45, 7) is 0.394. The van der Waals surface area contributed by atoms with Crippen LogP contribution in [0.25, 0.3) is 0 Å². The van der Waals surface area contributed by atoms with Crippen LogP contribution in [0.1, 0.15) is 18.6 Å². The van der Waals surface area contributed by atoms with Gasteiger partial charge in [0.25, 0.3) is 0 Å². The first-order chi connectivity index (χ1) is 16.7. The maximum atomic E-state index is 9.59. The second-order valence-corrected chi connectivity index (χ2v) is 7.33. The third-order valence-electron chi connectivity index (χ3n) is 4.94. The lowest BCUT2D eigenvalue weighted by atomic mass is 10.1. The molecule has 34 heavy (non-hydrogen) atoms. The van der Waals surface area contributed by atoms with Crippen molar-refractivity contribution in [3.05, 3.63) is 97.0 Å². The van der Waals surface area contributed by atoms with Gasteiger partial charge in [0.05, 0.1) is 12.8 Å². The summed E-state index contributed by atoms with van der Waals surface area (Å²) in [4.78, 5) is 15.6. The molecule has 0 atom stereocenters. The van der Waals surface area contributed by atoms with Crippen molar-refractivity contribution in [3.8, 4) is 5.75 Å². The minimum absolute atomic E-state index is 0.167. The zero-order valence-corrected chi connectivity index (χ0v) is 18.1. The molecule has 5 rings (SSSR count). The number of hydrogen-bond acceptors (Lipinski definition) is 10. The number of aromatic nitrogens is 3. The van der Waals surface area contributed by atoms with E-state index in [2.05, 4.69) is 31.7 Å². The van der Waals surface area contributed by atoms with Crippen molar-refractivity contribution in [2.24, 2.45) is 0 Å². The Hall–Kier alpha value is -4.73. The SMILES string of the molecule is Oc1ccc(Nc2nc(NCc3ccco3)nc(N(C3=CC=CCC3)C3=COC=CO3)n2)cc1. The maximum absolute atomic E-state index is 9.59. The number of aromatic hydroxyl groups is 1. The first-order valence-corrected chi connectivity index (χ1v) is 10.7. The highest BCUT2D eigenvalue weighted by molar-refractivity contribution is 5.59. The Bertz CT molecular complexity index is 1250. The fraction of sp³-hybridized carbons (Fsp3) is 0.125. The number of phenols is 1. The molecule has 172 valence electrons. The molecule has 10 heteroatoms. The molecule has 3 heterocycles. The van der Waals surface area contributed by atoms with Crippen LogP contribution in [0.3, 0.4) is 0 Å². The lowest BCUT2D eigenvalue weighted by molar-refractivity contribution is 0.250. The topological polar surface area (TPSA) is 118 Å². The first kappa shape index (κ1) is 21.1. The summed E-state index contributed by atoms with van der Waals surface area (Å²) in [6.07, 6.45) is 13.7. The summed E-state index contributed by atoms with van der Waals surface area (Å²) in [5.74, 6) is 2.31. The molecular formula is C24H22N6O4. The molecule has 3 N–H and O–H groups in total. The Balaban J connectivity index is 1.52. The van der Waals surface area contributed by atoms with Gasteiger partial charge in [-0.25, -0.2) is 4.90 Å². The second-order valence-electron chi connectivity index (χ2n) is 7.33. The molecule has 0 saturated carbocycles. The molecule has 1 aliphatic carbocycles. The monoisotopic (exact) mass is 458 g/mol. The van der Waals surface area contributed by atoms with Crippen LogP contribution in [0.15, 0.2) is 95.7 Å². The highest BCUT2D eigenvalue weighted by Gasteiger charge is 2.24. The number of nitrogens with zero attached hydrogens (tertiary/aromatic N) is 4. The number of benzene rings is 1.